The van der Waals surface area contributed by atoms with Crippen LogP contribution in [0.2, 0.25) is 0 Å². The Balaban J connectivity index is 2.10. The summed E-state index contributed by atoms with van der Waals surface area (Å²) in [5.41, 5.74) is -0.586. The fourth-order valence-corrected chi connectivity index (χ4v) is 2.21. The Kier molecular flexibility index (Phi) is 6.03. The number of anilines is 1. The molecule has 2 rings (SSSR count). The van der Waals surface area contributed by atoms with Gasteiger partial charge in [-0.3, -0.25) is 5.32 Å². The van der Waals surface area contributed by atoms with E-state index in [0.29, 0.717) is 5.69 Å². The van der Waals surface area contributed by atoms with Crippen LogP contribution in [0.25, 0.3) is 11.1 Å². The van der Waals surface area contributed by atoms with Crippen LogP contribution in [0, 0.1) is 0 Å². The van der Waals surface area contributed by atoms with Crippen molar-refractivity contribution in [2.24, 2.45) is 0 Å². The highest BCUT2D eigenvalue weighted by Gasteiger charge is 2.50. The molecule has 0 spiro atoms. The van der Waals surface area contributed by atoms with Crippen LogP contribution in [-0.4, -0.2) is 24.0 Å². The van der Waals surface area contributed by atoms with Crippen molar-refractivity contribution in [1.82, 2.24) is 0 Å². The molecule has 0 bridgehead atoms. The van der Waals surface area contributed by atoms with Gasteiger partial charge in [-0.15, -0.1) is 0 Å². The quantitative estimate of drug-likeness (QED) is 0.688. The number of hydrogen-bond acceptors (Lipinski definition) is 3. The Morgan fingerprint density at radius 3 is 2.19 bits per heavy atom. The molecule has 146 valence electrons. The van der Waals surface area contributed by atoms with E-state index in [9.17, 15) is 18.0 Å². The molecule has 1 N–H and O–H groups in total. The smallest absolute Gasteiger partial charge is 0.427 e. The molecule has 2 aromatic carbocycles. The highest BCUT2D eigenvalue weighted by atomic mass is 19.4. The van der Waals surface area contributed by atoms with Gasteiger partial charge in [0.25, 0.3) is 0 Å². The molecule has 0 heterocycles. The number of alkyl halides is 3. The molecule has 7 heteroatoms. The maximum atomic E-state index is 12.8. The lowest BCUT2D eigenvalue weighted by Gasteiger charge is -2.27. The summed E-state index contributed by atoms with van der Waals surface area (Å²) in [4.78, 5) is 11.8. The van der Waals surface area contributed by atoms with Crippen LogP contribution in [0.3, 0.4) is 0 Å². The number of rotatable bonds is 5. The largest absolute Gasteiger partial charge is 0.491 e. The van der Waals surface area contributed by atoms with Crippen LogP contribution < -0.4 is 10.1 Å². The first-order valence-electron chi connectivity index (χ1n) is 8.42. The summed E-state index contributed by atoms with van der Waals surface area (Å²) in [6, 6.07) is 14.1. The Hall–Kier alpha value is -2.70. The topological polar surface area (TPSA) is 47.6 Å². The van der Waals surface area contributed by atoms with Gasteiger partial charge < -0.3 is 9.47 Å². The van der Waals surface area contributed by atoms with Crippen molar-refractivity contribution in [3.63, 3.8) is 0 Å². The molecule has 0 aliphatic heterocycles. The summed E-state index contributed by atoms with van der Waals surface area (Å²) < 4.78 is 48.5. The molecule has 4 nitrogen and oxygen atoms in total. The lowest BCUT2D eigenvalue weighted by molar-refractivity contribution is -0.242. The van der Waals surface area contributed by atoms with E-state index in [0.717, 1.165) is 30.7 Å². The number of hydrogen-bond donors (Lipinski definition) is 1. The Bertz CT molecular complexity index is 784. The van der Waals surface area contributed by atoms with Crippen molar-refractivity contribution >= 4 is 11.8 Å². The molecule has 0 saturated carbocycles. The van der Waals surface area contributed by atoms with Crippen LogP contribution in [0.5, 0.6) is 5.75 Å². The monoisotopic (exact) mass is 381 g/mol. The summed E-state index contributed by atoms with van der Waals surface area (Å²) in [6.07, 6.45) is -5.77. The first-order valence-corrected chi connectivity index (χ1v) is 8.42. The van der Waals surface area contributed by atoms with Crippen molar-refractivity contribution in [2.75, 3.05) is 5.32 Å². The molecule has 0 aromatic heterocycles. The SMILES string of the molecule is CC(C)Oc1ccc(-c2cccc(NC(=O)OC(C)(C)C(F)(F)F)c2)cc1. The lowest BCUT2D eigenvalue weighted by atomic mass is 10.1. The van der Waals surface area contributed by atoms with Crippen LogP contribution in [0.15, 0.2) is 48.5 Å². The van der Waals surface area contributed by atoms with E-state index in [-0.39, 0.29) is 6.10 Å². The van der Waals surface area contributed by atoms with Gasteiger partial charge in [-0.2, -0.15) is 13.2 Å². The number of amides is 1. The van der Waals surface area contributed by atoms with Gasteiger partial charge in [0.2, 0.25) is 5.60 Å². The molecule has 0 aliphatic carbocycles. The zero-order chi connectivity index (χ0) is 20.2. The van der Waals surface area contributed by atoms with Crippen LogP contribution in [0.4, 0.5) is 23.7 Å². The number of ether oxygens (including phenoxy) is 2. The summed E-state index contributed by atoms with van der Waals surface area (Å²) in [5, 5.41) is 2.33. The fraction of sp³-hybridized carbons (Fsp3) is 0.350. The van der Waals surface area contributed by atoms with Crippen LogP contribution >= 0.6 is 0 Å². The van der Waals surface area contributed by atoms with Gasteiger partial charge >= 0.3 is 12.3 Å². The molecule has 0 atom stereocenters. The minimum absolute atomic E-state index is 0.0651. The first kappa shape index (κ1) is 20.6. The summed E-state index contributed by atoms with van der Waals surface area (Å²) in [5.74, 6) is 0.737. The van der Waals surface area contributed by atoms with Gasteiger partial charge in [-0.1, -0.05) is 24.3 Å². The van der Waals surface area contributed by atoms with E-state index in [4.69, 9.17) is 4.74 Å². The average Bonchev–Trinajstić information content (AvgIpc) is 2.53. The van der Waals surface area contributed by atoms with E-state index in [2.05, 4.69) is 10.1 Å². The lowest BCUT2D eigenvalue weighted by Crippen LogP contribution is -2.44. The standard InChI is InChI=1S/C20H22F3NO3/c1-13(2)26-17-10-8-14(9-11-17)15-6-5-7-16(12-15)24-18(25)27-19(3,4)20(21,22)23/h5-13H,1-4H3,(H,24,25). The van der Waals surface area contributed by atoms with E-state index in [1.54, 1.807) is 18.2 Å². The van der Waals surface area contributed by atoms with Crippen LogP contribution in [0.1, 0.15) is 27.7 Å². The van der Waals surface area contributed by atoms with E-state index >= 15 is 0 Å². The average molecular weight is 381 g/mol. The third-order valence-corrected chi connectivity index (χ3v) is 3.70. The summed E-state index contributed by atoms with van der Waals surface area (Å²) in [7, 11) is 0. The zero-order valence-electron chi connectivity index (χ0n) is 15.6. The van der Waals surface area contributed by atoms with E-state index < -0.39 is 17.9 Å². The van der Waals surface area contributed by atoms with Crippen molar-refractivity contribution in [3.05, 3.63) is 48.5 Å². The number of halogens is 3. The molecule has 0 aliphatic rings. The second kappa shape index (κ2) is 7.90. The number of nitrogens with one attached hydrogen (secondary N) is 1. The Morgan fingerprint density at radius 2 is 1.63 bits per heavy atom. The number of benzene rings is 2. The second-order valence-electron chi connectivity index (χ2n) is 6.79. The molecule has 27 heavy (non-hydrogen) atoms. The predicted molar refractivity (Wildman–Crippen MR) is 97.9 cm³/mol. The number of carbonyl (C=O) groups is 1. The third kappa shape index (κ3) is 5.64. The normalized spacial score (nSPS) is 12.0. The van der Waals surface area contributed by atoms with E-state index in [1.165, 1.54) is 0 Å². The molecule has 0 fully saturated rings. The van der Waals surface area contributed by atoms with Gasteiger partial charge in [-0.25, -0.2) is 4.79 Å². The van der Waals surface area contributed by atoms with Crippen molar-refractivity contribution in [1.29, 1.82) is 0 Å². The Morgan fingerprint density at radius 1 is 1.00 bits per heavy atom. The summed E-state index contributed by atoms with van der Waals surface area (Å²) in [6.45, 7) is 5.46. The maximum Gasteiger partial charge on any atom is 0.427 e. The van der Waals surface area contributed by atoms with Gasteiger partial charge in [0.05, 0.1) is 6.10 Å². The minimum Gasteiger partial charge on any atom is -0.491 e. The maximum absolute atomic E-state index is 12.8. The van der Waals surface area contributed by atoms with Crippen molar-refractivity contribution < 1.29 is 27.4 Å². The van der Waals surface area contributed by atoms with Crippen molar-refractivity contribution in [2.45, 2.75) is 45.6 Å². The molecule has 2 aromatic rings. The predicted octanol–water partition coefficient (Wildman–Crippen LogP) is 6.03. The van der Waals surface area contributed by atoms with Gasteiger partial charge in [0, 0.05) is 5.69 Å². The summed E-state index contributed by atoms with van der Waals surface area (Å²) >= 11 is 0. The molecule has 0 unspecified atom stereocenters. The Labute approximate surface area is 156 Å². The fourth-order valence-electron chi connectivity index (χ4n) is 2.21. The highest BCUT2D eigenvalue weighted by Crippen LogP contribution is 2.33. The van der Waals surface area contributed by atoms with Gasteiger partial charge in [-0.05, 0) is 63.1 Å². The number of carbonyl (C=O) groups excluding carboxylic acids is 1. The van der Waals surface area contributed by atoms with Gasteiger partial charge in [0.15, 0.2) is 0 Å². The first-order chi connectivity index (χ1) is 12.5. The zero-order valence-corrected chi connectivity index (χ0v) is 15.6. The molecular formula is C20H22F3NO3. The van der Waals surface area contributed by atoms with E-state index in [1.807, 2.05) is 44.2 Å². The van der Waals surface area contributed by atoms with Crippen molar-refractivity contribution in [3.8, 4) is 16.9 Å². The minimum atomic E-state index is -4.66. The second-order valence-corrected chi connectivity index (χ2v) is 6.79. The van der Waals surface area contributed by atoms with Gasteiger partial charge in [0.1, 0.15) is 5.75 Å². The highest BCUT2D eigenvalue weighted by molar-refractivity contribution is 5.86. The molecule has 0 saturated heterocycles. The third-order valence-electron chi connectivity index (χ3n) is 3.70. The molecule has 1 amide bonds. The van der Waals surface area contributed by atoms with Crippen LogP contribution in [-0.2, 0) is 4.74 Å². The molecular weight excluding hydrogens is 359 g/mol. The molecule has 0 radical (unpaired) electrons.